The average Bonchev–Trinajstić information content (AvgIpc) is 2.34. The van der Waals surface area contributed by atoms with E-state index in [0.29, 0.717) is 11.0 Å². The molecule has 0 N–H and O–H groups in total. The Bertz CT molecular complexity index is 349. The molecule has 49 valence electrons. The van der Waals surface area contributed by atoms with E-state index in [1.807, 2.05) is 12.1 Å². The highest BCUT2D eigenvalue weighted by atomic mass is 16.4. The first-order chi connectivity index (χ1) is 4.88. The van der Waals surface area contributed by atoms with Crippen LogP contribution in [0.3, 0.4) is 0 Å². The zero-order valence-corrected chi connectivity index (χ0v) is 5.20. The van der Waals surface area contributed by atoms with Crippen molar-refractivity contribution in [3.05, 3.63) is 30.5 Å². The maximum atomic E-state index is 10.9. The van der Waals surface area contributed by atoms with E-state index in [0.717, 1.165) is 0 Å². The minimum absolute atomic E-state index is 0.0457. The summed E-state index contributed by atoms with van der Waals surface area (Å²) in [6.07, 6.45) is 1.23. The summed E-state index contributed by atoms with van der Waals surface area (Å²) in [4.78, 5) is 0. The predicted molar refractivity (Wildman–Crippen MR) is 36.3 cm³/mol. The molecule has 0 spiro atoms. The highest BCUT2D eigenvalue weighted by Crippen LogP contribution is 2.25. The number of benzene rings is 1. The molecular weight excluding hydrogens is 128 g/mol. The van der Waals surface area contributed by atoms with Gasteiger partial charge in [0.2, 0.25) is 5.75 Å². The normalized spacial score (nSPS) is 10.4. The molecule has 0 aliphatic heterocycles. The van der Waals surface area contributed by atoms with Gasteiger partial charge in [-0.1, -0.05) is 12.1 Å². The number of hydrogen-bond acceptors (Lipinski definition) is 1. The Morgan fingerprint density at radius 1 is 1.20 bits per heavy atom. The summed E-state index contributed by atoms with van der Waals surface area (Å²) in [6.45, 7) is 0. The Balaban J connectivity index is 2.93. The topological polar surface area (TPSA) is 33.0 Å². The number of fused-ring (bicyclic) bond motifs is 1. The molecule has 0 saturated carbocycles. The molecule has 0 fully saturated rings. The van der Waals surface area contributed by atoms with Crippen molar-refractivity contribution in [3.63, 3.8) is 0 Å². The molecule has 2 aromatic rings. The second-order valence-electron chi connectivity index (χ2n) is 2.10. The number of furan rings is 1. The standard InChI is InChI=1S/C8H5O2/c9-7-5-10-8-4-2-1-3-6(7)8/h1-5H. The van der Waals surface area contributed by atoms with E-state index >= 15 is 0 Å². The fraction of sp³-hybridized carbons (Fsp3) is 0. The third-order valence-electron chi connectivity index (χ3n) is 1.45. The minimum Gasteiger partial charge on any atom is -0.460 e. The summed E-state index contributed by atoms with van der Waals surface area (Å²) in [5.74, 6) is -0.0457. The van der Waals surface area contributed by atoms with Crippen LogP contribution in [0.5, 0.6) is 5.75 Å². The van der Waals surface area contributed by atoms with Crippen LogP contribution >= 0.6 is 0 Å². The lowest BCUT2D eigenvalue weighted by Gasteiger charge is -1.82. The summed E-state index contributed by atoms with van der Waals surface area (Å²) in [5.41, 5.74) is 0.660. The lowest BCUT2D eigenvalue weighted by Crippen LogP contribution is -1.59. The molecule has 0 amide bonds. The second-order valence-corrected chi connectivity index (χ2v) is 2.10. The Hall–Kier alpha value is -1.44. The largest absolute Gasteiger partial charge is 0.460 e. The SMILES string of the molecule is [O]c1coc2ccccc12. The van der Waals surface area contributed by atoms with Gasteiger partial charge in [0.05, 0.1) is 5.39 Å². The third-order valence-corrected chi connectivity index (χ3v) is 1.45. The highest BCUT2D eigenvalue weighted by Gasteiger charge is 2.02. The van der Waals surface area contributed by atoms with Gasteiger partial charge in [-0.3, -0.25) is 5.11 Å². The van der Waals surface area contributed by atoms with Crippen molar-refractivity contribution in [1.82, 2.24) is 0 Å². The van der Waals surface area contributed by atoms with Crippen molar-refractivity contribution in [2.45, 2.75) is 0 Å². The van der Waals surface area contributed by atoms with Crippen molar-refractivity contribution in [3.8, 4) is 5.75 Å². The second kappa shape index (κ2) is 1.77. The molecule has 2 nitrogen and oxygen atoms in total. The maximum absolute atomic E-state index is 10.9. The molecule has 1 aromatic heterocycles. The lowest BCUT2D eigenvalue weighted by atomic mass is 10.2. The Morgan fingerprint density at radius 3 is 2.80 bits per heavy atom. The molecule has 0 saturated heterocycles. The molecular formula is C8H5O2. The highest BCUT2D eigenvalue weighted by molar-refractivity contribution is 5.83. The summed E-state index contributed by atoms with van der Waals surface area (Å²) >= 11 is 0. The first-order valence-electron chi connectivity index (χ1n) is 3.01. The van der Waals surface area contributed by atoms with Crippen LogP contribution in [0.15, 0.2) is 34.9 Å². The molecule has 0 bridgehead atoms. The van der Waals surface area contributed by atoms with E-state index in [4.69, 9.17) is 4.42 Å². The molecule has 0 atom stereocenters. The van der Waals surface area contributed by atoms with E-state index < -0.39 is 0 Å². The average molecular weight is 133 g/mol. The van der Waals surface area contributed by atoms with Crippen LogP contribution in [0.1, 0.15) is 0 Å². The van der Waals surface area contributed by atoms with Gasteiger partial charge in [-0.05, 0) is 12.1 Å². The smallest absolute Gasteiger partial charge is 0.224 e. The molecule has 0 aliphatic carbocycles. The van der Waals surface area contributed by atoms with E-state index in [1.54, 1.807) is 12.1 Å². The quantitative estimate of drug-likeness (QED) is 0.543. The van der Waals surface area contributed by atoms with Gasteiger partial charge in [0.15, 0.2) is 0 Å². The zero-order chi connectivity index (χ0) is 6.97. The fourth-order valence-electron chi connectivity index (χ4n) is 0.953. The molecule has 1 aromatic carbocycles. The maximum Gasteiger partial charge on any atom is 0.224 e. The van der Waals surface area contributed by atoms with E-state index in [-0.39, 0.29) is 5.75 Å². The number of para-hydroxylation sites is 1. The Kier molecular flexibility index (Phi) is 0.947. The molecule has 10 heavy (non-hydrogen) atoms. The van der Waals surface area contributed by atoms with Crippen LogP contribution in [0, 0.1) is 0 Å². The summed E-state index contributed by atoms with van der Waals surface area (Å²) in [6, 6.07) is 7.18. The Labute approximate surface area is 57.7 Å². The van der Waals surface area contributed by atoms with Gasteiger partial charge in [-0.2, -0.15) is 0 Å². The van der Waals surface area contributed by atoms with Gasteiger partial charge in [0.1, 0.15) is 11.8 Å². The first-order valence-corrected chi connectivity index (χ1v) is 3.01. The van der Waals surface area contributed by atoms with Crippen LogP contribution in [0.4, 0.5) is 0 Å². The van der Waals surface area contributed by atoms with E-state index in [1.165, 1.54) is 6.26 Å². The zero-order valence-electron chi connectivity index (χ0n) is 5.20. The summed E-state index contributed by atoms with van der Waals surface area (Å²) in [7, 11) is 0. The molecule has 0 aliphatic rings. The van der Waals surface area contributed by atoms with Gasteiger partial charge in [0.25, 0.3) is 0 Å². The van der Waals surface area contributed by atoms with Gasteiger partial charge in [-0.15, -0.1) is 0 Å². The van der Waals surface area contributed by atoms with Crippen molar-refractivity contribution in [1.29, 1.82) is 0 Å². The van der Waals surface area contributed by atoms with Gasteiger partial charge < -0.3 is 4.42 Å². The molecule has 0 unspecified atom stereocenters. The van der Waals surface area contributed by atoms with Crippen molar-refractivity contribution in [2.75, 3.05) is 0 Å². The molecule has 1 heterocycles. The third kappa shape index (κ3) is 0.589. The fourth-order valence-corrected chi connectivity index (χ4v) is 0.953. The van der Waals surface area contributed by atoms with E-state index in [9.17, 15) is 5.11 Å². The van der Waals surface area contributed by atoms with Crippen molar-refractivity contribution in [2.24, 2.45) is 0 Å². The van der Waals surface area contributed by atoms with Crippen molar-refractivity contribution >= 4 is 11.0 Å². The molecule has 2 rings (SSSR count). The minimum atomic E-state index is -0.0457. The Morgan fingerprint density at radius 2 is 2.00 bits per heavy atom. The summed E-state index contributed by atoms with van der Waals surface area (Å²) < 4.78 is 4.94. The number of hydrogen-bond donors (Lipinski definition) is 0. The molecule has 1 radical (unpaired) electrons. The predicted octanol–water partition coefficient (Wildman–Crippen LogP) is 2.58. The van der Waals surface area contributed by atoms with Crippen LogP contribution in [0.25, 0.3) is 11.0 Å². The van der Waals surface area contributed by atoms with Crippen LogP contribution in [0.2, 0.25) is 0 Å². The van der Waals surface area contributed by atoms with Crippen LogP contribution in [-0.4, -0.2) is 0 Å². The summed E-state index contributed by atoms with van der Waals surface area (Å²) in [5, 5.41) is 11.5. The van der Waals surface area contributed by atoms with Gasteiger partial charge in [0, 0.05) is 0 Å². The lowest BCUT2D eigenvalue weighted by molar-refractivity contribution is 0.352. The van der Waals surface area contributed by atoms with E-state index in [2.05, 4.69) is 0 Å². The van der Waals surface area contributed by atoms with Gasteiger partial charge in [-0.25, -0.2) is 0 Å². The number of rotatable bonds is 0. The van der Waals surface area contributed by atoms with Crippen LogP contribution in [-0.2, 0) is 5.11 Å². The molecule has 2 heteroatoms. The monoisotopic (exact) mass is 133 g/mol. The van der Waals surface area contributed by atoms with Crippen LogP contribution < -0.4 is 0 Å². The van der Waals surface area contributed by atoms with Gasteiger partial charge >= 0.3 is 0 Å². The van der Waals surface area contributed by atoms with Crippen molar-refractivity contribution < 1.29 is 9.52 Å². The first kappa shape index (κ1) is 5.35.